The van der Waals surface area contributed by atoms with Gasteiger partial charge in [-0.2, -0.15) is 5.26 Å². The molecule has 1 aromatic rings. The van der Waals surface area contributed by atoms with Gasteiger partial charge >= 0.3 is 0 Å². The number of nitriles is 1. The molecule has 0 atom stereocenters. The van der Waals surface area contributed by atoms with Gasteiger partial charge in [0.25, 0.3) is 0 Å². The summed E-state index contributed by atoms with van der Waals surface area (Å²) in [6, 6.07) is 8.57. The number of halogens is 1. The van der Waals surface area contributed by atoms with Crippen LogP contribution >= 0.6 is 11.6 Å². The lowest BCUT2D eigenvalue weighted by molar-refractivity contribution is 0.385. The molecule has 4 heteroatoms. The van der Waals surface area contributed by atoms with E-state index in [-0.39, 0.29) is 0 Å². The van der Waals surface area contributed by atoms with Gasteiger partial charge in [0.2, 0.25) is 0 Å². The molecule has 0 amide bonds. The zero-order valence-corrected chi connectivity index (χ0v) is 11.3. The summed E-state index contributed by atoms with van der Waals surface area (Å²) in [4.78, 5) is 2.25. The molecule has 0 aromatic heterocycles. The molecular weight excluding hydrogens is 246 g/mol. The van der Waals surface area contributed by atoms with Gasteiger partial charge in [-0.3, -0.25) is 0 Å². The lowest BCUT2D eigenvalue weighted by atomic mass is 9.91. The van der Waals surface area contributed by atoms with Gasteiger partial charge in [-0.05, 0) is 43.9 Å². The molecule has 1 saturated carbocycles. The quantitative estimate of drug-likeness (QED) is 0.893. The fourth-order valence-electron chi connectivity index (χ4n) is 2.51. The first-order valence-electron chi connectivity index (χ1n) is 6.30. The van der Waals surface area contributed by atoms with Crippen molar-refractivity contribution in [3.05, 3.63) is 28.8 Å². The van der Waals surface area contributed by atoms with Crippen LogP contribution in [0.1, 0.15) is 31.2 Å². The summed E-state index contributed by atoms with van der Waals surface area (Å²) in [5.74, 6) is 0. The van der Waals surface area contributed by atoms with E-state index < -0.39 is 0 Å². The highest BCUT2D eigenvalue weighted by Gasteiger charge is 2.22. The summed E-state index contributed by atoms with van der Waals surface area (Å²) in [5, 5.41) is 9.39. The SMILES string of the molecule is CN(c1ccc(C#N)c(Cl)c1)[C@H]1CC[C@@H](N)CC1. The first-order valence-corrected chi connectivity index (χ1v) is 6.67. The molecule has 1 fully saturated rings. The zero-order chi connectivity index (χ0) is 13.1. The predicted octanol–water partition coefficient (Wildman–Crippen LogP) is 2.92. The molecule has 18 heavy (non-hydrogen) atoms. The van der Waals surface area contributed by atoms with Crippen LogP contribution in [-0.4, -0.2) is 19.1 Å². The molecule has 0 saturated heterocycles. The highest BCUT2D eigenvalue weighted by molar-refractivity contribution is 6.32. The van der Waals surface area contributed by atoms with E-state index in [0.717, 1.165) is 31.4 Å². The van der Waals surface area contributed by atoms with E-state index in [4.69, 9.17) is 22.6 Å². The molecule has 1 aliphatic carbocycles. The Hall–Kier alpha value is -1.24. The third kappa shape index (κ3) is 2.77. The molecule has 96 valence electrons. The van der Waals surface area contributed by atoms with E-state index in [0.29, 0.717) is 22.7 Å². The molecule has 0 unspecified atom stereocenters. The number of anilines is 1. The van der Waals surface area contributed by atoms with Crippen molar-refractivity contribution in [3.63, 3.8) is 0 Å². The lowest BCUT2D eigenvalue weighted by Gasteiger charge is -2.35. The Labute approximate surface area is 113 Å². The van der Waals surface area contributed by atoms with E-state index in [2.05, 4.69) is 18.0 Å². The summed E-state index contributed by atoms with van der Waals surface area (Å²) in [7, 11) is 2.08. The van der Waals surface area contributed by atoms with Crippen LogP contribution in [0.5, 0.6) is 0 Å². The maximum atomic E-state index is 8.86. The van der Waals surface area contributed by atoms with Gasteiger partial charge in [0.05, 0.1) is 10.6 Å². The molecule has 3 nitrogen and oxygen atoms in total. The highest BCUT2D eigenvalue weighted by atomic mass is 35.5. The molecule has 0 bridgehead atoms. The Kier molecular flexibility index (Phi) is 4.11. The van der Waals surface area contributed by atoms with Crippen molar-refractivity contribution in [1.82, 2.24) is 0 Å². The average Bonchev–Trinajstić information content (AvgIpc) is 2.38. The number of nitrogens with two attached hydrogens (primary N) is 1. The Bertz CT molecular complexity index is 459. The van der Waals surface area contributed by atoms with Crippen LogP contribution in [-0.2, 0) is 0 Å². The third-order valence-electron chi connectivity index (χ3n) is 3.77. The fraction of sp³-hybridized carbons (Fsp3) is 0.500. The van der Waals surface area contributed by atoms with Gasteiger partial charge in [-0.25, -0.2) is 0 Å². The minimum atomic E-state index is 0.360. The van der Waals surface area contributed by atoms with Gasteiger partial charge in [-0.15, -0.1) is 0 Å². The van der Waals surface area contributed by atoms with Crippen LogP contribution in [0.25, 0.3) is 0 Å². The number of rotatable bonds is 2. The second-order valence-electron chi connectivity index (χ2n) is 4.96. The minimum Gasteiger partial charge on any atom is -0.372 e. The number of hydrogen-bond acceptors (Lipinski definition) is 3. The molecule has 2 rings (SSSR count). The monoisotopic (exact) mass is 263 g/mol. The standard InChI is InChI=1S/C14H18ClN3/c1-18(12-6-3-11(17)4-7-12)13-5-2-10(9-16)14(15)8-13/h2,5,8,11-12H,3-4,6-7,17H2,1H3/t11-,12+. The maximum Gasteiger partial charge on any atom is 0.101 e. The lowest BCUT2D eigenvalue weighted by Crippen LogP contribution is -2.38. The summed E-state index contributed by atoms with van der Waals surface area (Å²) in [5.41, 5.74) is 7.52. The Morgan fingerprint density at radius 3 is 2.56 bits per heavy atom. The number of hydrogen-bond donors (Lipinski definition) is 1. The molecular formula is C14H18ClN3. The van der Waals surface area contributed by atoms with Crippen LogP contribution in [0.3, 0.4) is 0 Å². The van der Waals surface area contributed by atoms with Crippen LogP contribution in [0, 0.1) is 11.3 Å². The van der Waals surface area contributed by atoms with Crippen LogP contribution in [0.15, 0.2) is 18.2 Å². The first-order chi connectivity index (χ1) is 8.61. The predicted molar refractivity (Wildman–Crippen MR) is 74.8 cm³/mol. The van der Waals surface area contributed by atoms with Gasteiger partial charge in [0.1, 0.15) is 6.07 Å². The van der Waals surface area contributed by atoms with Crippen molar-refractivity contribution in [2.24, 2.45) is 5.73 Å². The summed E-state index contributed by atoms with van der Waals surface area (Å²) < 4.78 is 0. The Balaban J connectivity index is 2.11. The highest BCUT2D eigenvalue weighted by Crippen LogP contribution is 2.28. The van der Waals surface area contributed by atoms with E-state index in [9.17, 15) is 0 Å². The van der Waals surface area contributed by atoms with Crippen molar-refractivity contribution in [2.75, 3.05) is 11.9 Å². The largest absolute Gasteiger partial charge is 0.372 e. The summed E-state index contributed by atoms with van der Waals surface area (Å²) in [6.07, 6.45) is 4.41. The van der Waals surface area contributed by atoms with Gasteiger partial charge in [0.15, 0.2) is 0 Å². The fourth-order valence-corrected chi connectivity index (χ4v) is 2.73. The van der Waals surface area contributed by atoms with Crippen LogP contribution in [0.2, 0.25) is 5.02 Å². The minimum absolute atomic E-state index is 0.360. The van der Waals surface area contributed by atoms with E-state index in [1.54, 1.807) is 6.07 Å². The van der Waals surface area contributed by atoms with Gasteiger partial charge in [-0.1, -0.05) is 11.6 Å². The Morgan fingerprint density at radius 1 is 1.33 bits per heavy atom. The smallest absolute Gasteiger partial charge is 0.101 e. The Morgan fingerprint density at radius 2 is 2.00 bits per heavy atom. The molecule has 0 aliphatic heterocycles. The van der Waals surface area contributed by atoms with E-state index in [1.807, 2.05) is 12.1 Å². The maximum absolute atomic E-state index is 8.86. The normalized spacial score (nSPS) is 23.4. The van der Waals surface area contributed by atoms with Crippen LogP contribution < -0.4 is 10.6 Å². The number of benzene rings is 1. The zero-order valence-electron chi connectivity index (χ0n) is 10.6. The van der Waals surface area contributed by atoms with Crippen molar-refractivity contribution >= 4 is 17.3 Å². The van der Waals surface area contributed by atoms with Gasteiger partial charge in [0, 0.05) is 24.8 Å². The first kappa shape index (κ1) is 13.2. The molecule has 0 spiro atoms. The molecule has 0 radical (unpaired) electrons. The second-order valence-corrected chi connectivity index (χ2v) is 5.36. The van der Waals surface area contributed by atoms with Crippen molar-refractivity contribution in [3.8, 4) is 6.07 Å². The summed E-state index contributed by atoms with van der Waals surface area (Å²) >= 11 is 6.07. The molecule has 1 aromatic carbocycles. The average molecular weight is 264 g/mol. The van der Waals surface area contributed by atoms with Crippen LogP contribution in [0.4, 0.5) is 5.69 Å². The molecule has 0 heterocycles. The van der Waals surface area contributed by atoms with Crippen molar-refractivity contribution in [2.45, 2.75) is 37.8 Å². The van der Waals surface area contributed by atoms with Crippen molar-refractivity contribution < 1.29 is 0 Å². The molecule has 2 N–H and O–H groups in total. The molecule has 1 aliphatic rings. The van der Waals surface area contributed by atoms with E-state index in [1.165, 1.54) is 0 Å². The van der Waals surface area contributed by atoms with Gasteiger partial charge < -0.3 is 10.6 Å². The summed E-state index contributed by atoms with van der Waals surface area (Å²) in [6.45, 7) is 0. The second kappa shape index (κ2) is 5.60. The van der Waals surface area contributed by atoms with Crippen molar-refractivity contribution in [1.29, 1.82) is 5.26 Å². The van der Waals surface area contributed by atoms with E-state index >= 15 is 0 Å². The topological polar surface area (TPSA) is 53.0 Å². The number of nitrogens with zero attached hydrogens (tertiary/aromatic N) is 2. The third-order valence-corrected chi connectivity index (χ3v) is 4.08.